The molecular formula is C29H60O9. The van der Waals surface area contributed by atoms with Gasteiger partial charge in [-0.15, -0.1) is 0 Å². The van der Waals surface area contributed by atoms with Gasteiger partial charge in [-0.25, -0.2) is 0 Å². The van der Waals surface area contributed by atoms with Crippen molar-refractivity contribution in [1.29, 1.82) is 0 Å². The van der Waals surface area contributed by atoms with Crippen LogP contribution in [0.4, 0.5) is 0 Å². The third-order valence-corrected chi connectivity index (χ3v) is 4.60. The van der Waals surface area contributed by atoms with E-state index in [0.29, 0.717) is 79.3 Å². The van der Waals surface area contributed by atoms with Crippen molar-refractivity contribution in [1.82, 2.24) is 0 Å². The van der Waals surface area contributed by atoms with Crippen molar-refractivity contribution >= 4 is 0 Å². The Labute approximate surface area is 233 Å². The minimum atomic E-state index is -0.237. The van der Waals surface area contributed by atoms with Gasteiger partial charge in [-0.1, -0.05) is 0 Å². The Morgan fingerprint density at radius 1 is 0.395 bits per heavy atom. The van der Waals surface area contributed by atoms with Crippen LogP contribution >= 0.6 is 0 Å². The summed E-state index contributed by atoms with van der Waals surface area (Å²) >= 11 is 0. The molecule has 0 aromatic rings. The minimum absolute atomic E-state index is 0.160. The molecule has 0 heterocycles. The third-order valence-electron chi connectivity index (χ3n) is 4.60. The van der Waals surface area contributed by atoms with Crippen LogP contribution in [0.5, 0.6) is 0 Å². The molecule has 0 aliphatic carbocycles. The predicted molar refractivity (Wildman–Crippen MR) is 150 cm³/mol. The van der Waals surface area contributed by atoms with Crippen molar-refractivity contribution < 1.29 is 42.6 Å². The molecule has 0 aliphatic heterocycles. The molecule has 0 fully saturated rings. The fraction of sp³-hybridized carbons (Fsp3) is 1.00. The highest BCUT2D eigenvalue weighted by molar-refractivity contribution is 4.63. The predicted octanol–water partition coefficient (Wildman–Crippen LogP) is 4.68. The summed E-state index contributed by atoms with van der Waals surface area (Å²) in [4.78, 5) is 0. The standard InChI is InChI=1S/C29H60O9/c1-24(2)33-14-15-34-25(20-30-12-17-36-27(3,4)5)22-32-23-26(35-16-19-38-29(9,10)11)21-31-13-18-37-28(6,7)8/h24-26H,12-23H2,1-11H3. The van der Waals surface area contributed by atoms with Crippen LogP contribution in [0.2, 0.25) is 0 Å². The SMILES string of the molecule is CC(C)OCCOC(COCCOC(C)(C)C)COCC(COCCOC(C)(C)C)OCCOC(C)(C)C. The summed E-state index contributed by atoms with van der Waals surface area (Å²) in [5, 5.41) is 0. The molecule has 0 aliphatic rings. The normalized spacial score (nSPS) is 14.8. The van der Waals surface area contributed by atoms with E-state index in [0.717, 1.165) is 0 Å². The maximum absolute atomic E-state index is 6.01. The molecule has 0 aromatic heterocycles. The molecule has 0 amide bonds. The van der Waals surface area contributed by atoms with Crippen LogP contribution in [0.25, 0.3) is 0 Å². The molecular weight excluding hydrogens is 492 g/mol. The second kappa shape index (κ2) is 20.5. The van der Waals surface area contributed by atoms with Crippen LogP contribution in [0, 0.1) is 0 Å². The zero-order chi connectivity index (χ0) is 29.1. The first-order chi connectivity index (χ1) is 17.6. The number of rotatable bonds is 23. The molecule has 0 N–H and O–H groups in total. The summed E-state index contributed by atoms with van der Waals surface area (Å²) in [6.07, 6.45) is -0.307. The zero-order valence-electron chi connectivity index (χ0n) is 26.4. The van der Waals surface area contributed by atoms with Gasteiger partial charge in [0, 0.05) is 0 Å². The fourth-order valence-electron chi connectivity index (χ4n) is 2.92. The van der Waals surface area contributed by atoms with Crippen molar-refractivity contribution in [3.05, 3.63) is 0 Å². The summed E-state index contributed by atoms with van der Waals surface area (Å²) < 4.78 is 52.4. The van der Waals surface area contributed by atoms with Gasteiger partial charge >= 0.3 is 0 Å². The van der Waals surface area contributed by atoms with Crippen molar-refractivity contribution in [3.63, 3.8) is 0 Å². The Balaban J connectivity index is 4.65. The summed E-state index contributed by atoms with van der Waals surface area (Å²) in [6.45, 7) is 27.7. The molecule has 38 heavy (non-hydrogen) atoms. The summed E-state index contributed by atoms with van der Waals surface area (Å²) in [5.41, 5.74) is -0.592. The molecule has 0 saturated carbocycles. The molecule has 2 atom stereocenters. The van der Waals surface area contributed by atoms with Crippen LogP contribution in [0.1, 0.15) is 76.2 Å². The van der Waals surface area contributed by atoms with Crippen LogP contribution in [0.3, 0.4) is 0 Å². The second-order valence-electron chi connectivity index (χ2n) is 12.5. The Morgan fingerprint density at radius 2 is 0.711 bits per heavy atom. The smallest absolute Gasteiger partial charge is 0.104 e. The summed E-state index contributed by atoms with van der Waals surface area (Å²) in [6, 6.07) is 0. The van der Waals surface area contributed by atoms with Crippen molar-refractivity contribution in [2.45, 2.75) is 111 Å². The number of hydrogen-bond acceptors (Lipinski definition) is 9. The van der Waals surface area contributed by atoms with E-state index in [1.807, 2.05) is 76.2 Å². The van der Waals surface area contributed by atoms with E-state index in [1.165, 1.54) is 0 Å². The van der Waals surface area contributed by atoms with Gasteiger partial charge < -0.3 is 42.6 Å². The molecule has 2 unspecified atom stereocenters. The molecule has 0 radical (unpaired) electrons. The van der Waals surface area contributed by atoms with Gasteiger partial charge in [-0.05, 0) is 76.2 Å². The van der Waals surface area contributed by atoms with E-state index < -0.39 is 0 Å². The summed E-state index contributed by atoms with van der Waals surface area (Å²) in [7, 11) is 0. The largest absolute Gasteiger partial charge is 0.376 e. The molecule has 0 rings (SSSR count). The molecule has 0 bridgehead atoms. The highest BCUT2D eigenvalue weighted by atomic mass is 16.6. The lowest BCUT2D eigenvalue weighted by atomic mass is 10.2. The first kappa shape index (κ1) is 37.6. The quantitative estimate of drug-likeness (QED) is 0.168. The lowest BCUT2D eigenvalue weighted by Gasteiger charge is -2.24. The van der Waals surface area contributed by atoms with Crippen molar-refractivity contribution in [2.75, 3.05) is 79.3 Å². The van der Waals surface area contributed by atoms with E-state index >= 15 is 0 Å². The fourth-order valence-corrected chi connectivity index (χ4v) is 2.92. The van der Waals surface area contributed by atoms with E-state index in [2.05, 4.69) is 0 Å². The Morgan fingerprint density at radius 3 is 1.08 bits per heavy atom. The van der Waals surface area contributed by atoms with Gasteiger partial charge in [0.1, 0.15) is 12.2 Å². The molecule has 230 valence electrons. The van der Waals surface area contributed by atoms with Crippen LogP contribution in [0.15, 0.2) is 0 Å². The maximum atomic E-state index is 6.01. The summed E-state index contributed by atoms with van der Waals surface area (Å²) in [5.74, 6) is 0. The zero-order valence-corrected chi connectivity index (χ0v) is 26.4. The molecule has 0 spiro atoms. The van der Waals surface area contributed by atoms with E-state index in [9.17, 15) is 0 Å². The van der Waals surface area contributed by atoms with Gasteiger partial charge in [0.15, 0.2) is 0 Å². The first-order valence-corrected chi connectivity index (χ1v) is 14.1. The third kappa shape index (κ3) is 28.6. The van der Waals surface area contributed by atoms with Crippen molar-refractivity contribution in [3.8, 4) is 0 Å². The highest BCUT2D eigenvalue weighted by Gasteiger charge is 2.17. The second-order valence-corrected chi connectivity index (χ2v) is 12.5. The highest BCUT2D eigenvalue weighted by Crippen LogP contribution is 2.09. The van der Waals surface area contributed by atoms with Crippen LogP contribution in [-0.2, 0) is 42.6 Å². The molecule has 0 saturated heterocycles. The number of ether oxygens (including phenoxy) is 9. The van der Waals surface area contributed by atoms with Crippen LogP contribution in [-0.4, -0.2) is 114 Å². The molecule has 9 nitrogen and oxygen atoms in total. The number of hydrogen-bond donors (Lipinski definition) is 0. The topological polar surface area (TPSA) is 83.1 Å². The van der Waals surface area contributed by atoms with Crippen LogP contribution < -0.4 is 0 Å². The average Bonchev–Trinajstić information content (AvgIpc) is 2.75. The van der Waals surface area contributed by atoms with E-state index in [1.54, 1.807) is 0 Å². The minimum Gasteiger partial charge on any atom is -0.376 e. The van der Waals surface area contributed by atoms with E-state index in [4.69, 9.17) is 42.6 Å². The first-order valence-electron chi connectivity index (χ1n) is 14.1. The Hall–Kier alpha value is -0.360. The Bertz CT molecular complexity index is 536. The lowest BCUT2D eigenvalue weighted by molar-refractivity contribution is -0.119. The molecule has 0 aromatic carbocycles. The lowest BCUT2D eigenvalue weighted by Crippen LogP contribution is -2.33. The molecule has 9 heteroatoms. The van der Waals surface area contributed by atoms with Crippen molar-refractivity contribution in [2.24, 2.45) is 0 Å². The van der Waals surface area contributed by atoms with Gasteiger partial charge in [0.2, 0.25) is 0 Å². The van der Waals surface area contributed by atoms with E-state index in [-0.39, 0.29) is 35.1 Å². The average molecular weight is 553 g/mol. The van der Waals surface area contributed by atoms with Gasteiger partial charge in [-0.2, -0.15) is 0 Å². The monoisotopic (exact) mass is 552 g/mol. The Kier molecular flexibility index (Phi) is 20.3. The maximum Gasteiger partial charge on any atom is 0.104 e. The van der Waals surface area contributed by atoms with Gasteiger partial charge in [0.25, 0.3) is 0 Å². The van der Waals surface area contributed by atoms with Gasteiger partial charge in [0.05, 0.1) is 102 Å². The van der Waals surface area contributed by atoms with Gasteiger partial charge in [-0.3, -0.25) is 0 Å².